The van der Waals surface area contributed by atoms with E-state index in [9.17, 15) is 10.2 Å². The summed E-state index contributed by atoms with van der Waals surface area (Å²) in [5, 5.41) is 19.6. The number of aliphatic hydroxyl groups is 2. The average Bonchev–Trinajstić information content (AvgIpc) is 2.47. The molecule has 12 heavy (non-hydrogen) atoms. The second-order valence-corrected chi connectivity index (χ2v) is 3.67. The molecule has 1 fully saturated rings. The van der Waals surface area contributed by atoms with Crippen molar-refractivity contribution in [2.45, 2.75) is 44.3 Å². The summed E-state index contributed by atoms with van der Waals surface area (Å²) in [5.41, 5.74) is -0.810. The van der Waals surface area contributed by atoms with Gasteiger partial charge in [-0.05, 0) is 25.7 Å². The molecular formula is C10H18O2. The van der Waals surface area contributed by atoms with E-state index in [-0.39, 0.29) is 12.0 Å². The maximum atomic E-state index is 9.98. The second-order valence-electron chi connectivity index (χ2n) is 3.67. The predicted molar refractivity (Wildman–Crippen MR) is 48.8 cm³/mol. The Balaban J connectivity index is 2.69. The van der Waals surface area contributed by atoms with Gasteiger partial charge < -0.3 is 10.2 Å². The van der Waals surface area contributed by atoms with Crippen LogP contribution in [0.3, 0.4) is 0 Å². The highest BCUT2D eigenvalue weighted by Crippen LogP contribution is 2.39. The molecule has 0 spiro atoms. The third-order valence-corrected chi connectivity index (χ3v) is 2.97. The minimum absolute atomic E-state index is 0.000000000000000444. The van der Waals surface area contributed by atoms with Crippen molar-refractivity contribution < 1.29 is 10.2 Å². The van der Waals surface area contributed by atoms with Crippen LogP contribution in [-0.4, -0.2) is 21.9 Å². The van der Waals surface area contributed by atoms with Gasteiger partial charge in [-0.2, -0.15) is 0 Å². The molecule has 0 heterocycles. The van der Waals surface area contributed by atoms with Crippen molar-refractivity contribution in [2.75, 3.05) is 0 Å². The third-order valence-electron chi connectivity index (χ3n) is 2.97. The lowest BCUT2D eigenvalue weighted by molar-refractivity contribution is -0.0188. The molecule has 0 saturated heterocycles. The maximum absolute atomic E-state index is 9.98. The van der Waals surface area contributed by atoms with Crippen molar-refractivity contribution in [2.24, 2.45) is 5.92 Å². The van der Waals surface area contributed by atoms with E-state index in [1.807, 2.05) is 6.92 Å². The van der Waals surface area contributed by atoms with Gasteiger partial charge in [0.15, 0.2) is 0 Å². The number of hydrogen-bond acceptors (Lipinski definition) is 2. The smallest absolute Gasteiger partial charge is 0.0877 e. The quantitative estimate of drug-likeness (QED) is 0.630. The van der Waals surface area contributed by atoms with Crippen molar-refractivity contribution in [1.82, 2.24) is 0 Å². The van der Waals surface area contributed by atoms with E-state index in [1.165, 1.54) is 0 Å². The summed E-state index contributed by atoms with van der Waals surface area (Å²) in [6.07, 6.45) is 4.57. The predicted octanol–water partition coefficient (Wildman–Crippen LogP) is 1.47. The minimum atomic E-state index is -0.810. The Morgan fingerprint density at radius 1 is 1.75 bits per heavy atom. The zero-order valence-corrected chi connectivity index (χ0v) is 7.66. The van der Waals surface area contributed by atoms with Gasteiger partial charge in [-0.15, -0.1) is 6.58 Å². The number of aliphatic hydroxyl groups excluding tert-OH is 1. The minimum Gasteiger partial charge on any atom is -0.393 e. The molecule has 1 aliphatic rings. The van der Waals surface area contributed by atoms with E-state index in [4.69, 9.17) is 0 Å². The normalized spacial score (nSPS) is 38.1. The zero-order valence-electron chi connectivity index (χ0n) is 7.66. The Hall–Kier alpha value is -0.340. The molecule has 1 rings (SSSR count). The van der Waals surface area contributed by atoms with Gasteiger partial charge in [0.2, 0.25) is 0 Å². The van der Waals surface area contributed by atoms with Crippen LogP contribution in [0, 0.1) is 5.92 Å². The molecule has 2 heteroatoms. The largest absolute Gasteiger partial charge is 0.393 e. The van der Waals surface area contributed by atoms with Crippen molar-refractivity contribution in [1.29, 1.82) is 0 Å². The summed E-state index contributed by atoms with van der Waals surface area (Å²) in [6, 6.07) is 0. The first kappa shape index (κ1) is 9.75. The zero-order chi connectivity index (χ0) is 9.19. The van der Waals surface area contributed by atoms with E-state index in [0.717, 1.165) is 19.3 Å². The van der Waals surface area contributed by atoms with Crippen molar-refractivity contribution >= 4 is 0 Å². The van der Waals surface area contributed by atoms with Crippen LogP contribution in [0.1, 0.15) is 32.6 Å². The van der Waals surface area contributed by atoms with Gasteiger partial charge in [-0.1, -0.05) is 13.0 Å². The fourth-order valence-corrected chi connectivity index (χ4v) is 2.10. The van der Waals surface area contributed by atoms with Gasteiger partial charge in [0.25, 0.3) is 0 Å². The van der Waals surface area contributed by atoms with E-state index in [2.05, 4.69) is 6.58 Å². The van der Waals surface area contributed by atoms with Crippen LogP contribution in [0.5, 0.6) is 0 Å². The summed E-state index contributed by atoms with van der Waals surface area (Å²) < 4.78 is 0. The SMILES string of the molecule is C=C[C@]1(O)CCC[C@@H]1C(O)CC. The van der Waals surface area contributed by atoms with E-state index in [0.29, 0.717) is 6.42 Å². The molecule has 0 aliphatic heterocycles. The lowest BCUT2D eigenvalue weighted by Gasteiger charge is -2.29. The molecule has 1 saturated carbocycles. The fourth-order valence-electron chi connectivity index (χ4n) is 2.10. The monoisotopic (exact) mass is 170 g/mol. The Morgan fingerprint density at radius 3 is 2.92 bits per heavy atom. The van der Waals surface area contributed by atoms with Gasteiger partial charge in [-0.3, -0.25) is 0 Å². The lowest BCUT2D eigenvalue weighted by Crippen LogP contribution is -2.37. The Morgan fingerprint density at radius 2 is 2.42 bits per heavy atom. The first-order valence-corrected chi connectivity index (χ1v) is 4.68. The first-order valence-electron chi connectivity index (χ1n) is 4.68. The van der Waals surface area contributed by atoms with Crippen LogP contribution in [0.2, 0.25) is 0 Å². The summed E-state index contributed by atoms with van der Waals surface area (Å²) in [7, 11) is 0. The van der Waals surface area contributed by atoms with Crippen molar-refractivity contribution in [3.8, 4) is 0 Å². The number of rotatable bonds is 3. The highest BCUT2D eigenvalue weighted by molar-refractivity contribution is 5.06. The lowest BCUT2D eigenvalue weighted by atomic mass is 9.85. The van der Waals surface area contributed by atoms with Gasteiger partial charge in [0.05, 0.1) is 11.7 Å². The van der Waals surface area contributed by atoms with Gasteiger partial charge in [0.1, 0.15) is 0 Å². The van der Waals surface area contributed by atoms with Gasteiger partial charge in [0, 0.05) is 5.92 Å². The molecule has 3 atom stereocenters. The molecule has 0 amide bonds. The van der Waals surface area contributed by atoms with Gasteiger partial charge >= 0.3 is 0 Å². The molecule has 0 aromatic rings. The molecule has 0 aromatic heterocycles. The molecule has 1 aliphatic carbocycles. The topological polar surface area (TPSA) is 40.5 Å². The second kappa shape index (κ2) is 3.58. The molecule has 2 nitrogen and oxygen atoms in total. The molecule has 0 bridgehead atoms. The standard InChI is InChI=1S/C10H18O2/c1-3-9(11)8-6-5-7-10(8,12)4-2/h4,8-9,11-12H,2-3,5-7H2,1H3/t8-,9?,10+/m1/s1. The Bertz CT molecular complexity index is 167. The van der Waals surface area contributed by atoms with Crippen LogP contribution >= 0.6 is 0 Å². The van der Waals surface area contributed by atoms with Crippen LogP contribution in [0.15, 0.2) is 12.7 Å². The summed E-state index contributed by atoms with van der Waals surface area (Å²) >= 11 is 0. The van der Waals surface area contributed by atoms with Crippen molar-refractivity contribution in [3.05, 3.63) is 12.7 Å². The van der Waals surface area contributed by atoms with Crippen LogP contribution in [-0.2, 0) is 0 Å². The molecular weight excluding hydrogens is 152 g/mol. The molecule has 2 N–H and O–H groups in total. The van der Waals surface area contributed by atoms with E-state index >= 15 is 0 Å². The Labute approximate surface area is 73.9 Å². The van der Waals surface area contributed by atoms with E-state index < -0.39 is 5.60 Å². The van der Waals surface area contributed by atoms with Crippen LogP contribution in [0.25, 0.3) is 0 Å². The first-order chi connectivity index (χ1) is 5.64. The summed E-state index contributed by atoms with van der Waals surface area (Å²) in [4.78, 5) is 0. The van der Waals surface area contributed by atoms with Crippen LogP contribution < -0.4 is 0 Å². The highest BCUT2D eigenvalue weighted by atomic mass is 16.3. The molecule has 0 aromatic carbocycles. The molecule has 70 valence electrons. The molecule has 1 unspecified atom stereocenters. The Kier molecular flexibility index (Phi) is 2.91. The van der Waals surface area contributed by atoms with Gasteiger partial charge in [-0.25, -0.2) is 0 Å². The maximum Gasteiger partial charge on any atom is 0.0877 e. The van der Waals surface area contributed by atoms with Crippen LogP contribution in [0.4, 0.5) is 0 Å². The fraction of sp³-hybridized carbons (Fsp3) is 0.800. The summed E-state index contributed by atoms with van der Waals surface area (Å²) in [5.74, 6) is -0.000000000000000444. The molecule has 0 radical (unpaired) electrons. The highest BCUT2D eigenvalue weighted by Gasteiger charge is 2.41. The average molecular weight is 170 g/mol. The number of hydrogen-bond donors (Lipinski definition) is 2. The van der Waals surface area contributed by atoms with E-state index in [1.54, 1.807) is 6.08 Å². The van der Waals surface area contributed by atoms with Crippen molar-refractivity contribution in [3.63, 3.8) is 0 Å². The third kappa shape index (κ3) is 1.54. The summed E-state index contributed by atoms with van der Waals surface area (Å²) in [6.45, 7) is 5.56.